The number of rotatable bonds is 2. The third-order valence-corrected chi connectivity index (χ3v) is 3.10. The molecule has 0 bridgehead atoms. The molecule has 0 radical (unpaired) electrons. The van der Waals surface area contributed by atoms with E-state index in [2.05, 4.69) is 21.2 Å². The molecule has 0 aliphatic rings. The van der Waals surface area contributed by atoms with Gasteiger partial charge in [0.15, 0.2) is 0 Å². The Morgan fingerprint density at radius 3 is 2.59 bits per heavy atom. The number of anilines is 3. The molecule has 0 spiro atoms. The van der Waals surface area contributed by atoms with Crippen LogP contribution in [0.5, 0.6) is 0 Å². The summed E-state index contributed by atoms with van der Waals surface area (Å²) < 4.78 is 14.2. The van der Waals surface area contributed by atoms with E-state index in [-0.39, 0.29) is 5.82 Å². The SMILES string of the molecule is Cc1ccc(Nc2ccc(N)cc2Br)cc1F. The second kappa shape index (κ2) is 4.75. The van der Waals surface area contributed by atoms with Crippen LogP contribution in [0.2, 0.25) is 0 Å². The maximum Gasteiger partial charge on any atom is 0.128 e. The van der Waals surface area contributed by atoms with Crippen LogP contribution < -0.4 is 11.1 Å². The fourth-order valence-corrected chi connectivity index (χ4v) is 1.95. The topological polar surface area (TPSA) is 38.0 Å². The van der Waals surface area contributed by atoms with E-state index in [1.165, 1.54) is 6.07 Å². The van der Waals surface area contributed by atoms with Crippen LogP contribution >= 0.6 is 15.9 Å². The molecule has 0 fully saturated rings. The largest absolute Gasteiger partial charge is 0.399 e. The van der Waals surface area contributed by atoms with E-state index in [1.54, 1.807) is 25.1 Å². The van der Waals surface area contributed by atoms with Gasteiger partial charge in [0.1, 0.15) is 5.82 Å². The Balaban J connectivity index is 2.28. The molecule has 0 unspecified atom stereocenters. The van der Waals surface area contributed by atoms with Crippen molar-refractivity contribution in [3.05, 3.63) is 52.3 Å². The summed E-state index contributed by atoms with van der Waals surface area (Å²) in [7, 11) is 0. The number of hydrogen-bond donors (Lipinski definition) is 2. The first-order chi connectivity index (χ1) is 8.06. The Bertz CT molecular complexity index is 555. The van der Waals surface area contributed by atoms with Crippen molar-refractivity contribution in [1.29, 1.82) is 0 Å². The Morgan fingerprint density at radius 1 is 1.18 bits per heavy atom. The van der Waals surface area contributed by atoms with Crippen LogP contribution in [0.1, 0.15) is 5.56 Å². The molecule has 2 aromatic rings. The number of benzene rings is 2. The molecule has 2 rings (SSSR count). The summed E-state index contributed by atoms with van der Waals surface area (Å²) in [5.74, 6) is -0.221. The monoisotopic (exact) mass is 294 g/mol. The fourth-order valence-electron chi connectivity index (χ4n) is 1.46. The van der Waals surface area contributed by atoms with Gasteiger partial charge in [-0.25, -0.2) is 4.39 Å². The lowest BCUT2D eigenvalue weighted by molar-refractivity contribution is 0.619. The number of aryl methyl sites for hydroxylation is 1. The Kier molecular flexibility index (Phi) is 3.33. The minimum Gasteiger partial charge on any atom is -0.399 e. The number of nitrogens with two attached hydrogens (primary N) is 1. The maximum absolute atomic E-state index is 13.4. The molecule has 0 aliphatic heterocycles. The first-order valence-electron chi connectivity index (χ1n) is 5.14. The van der Waals surface area contributed by atoms with Gasteiger partial charge in [0, 0.05) is 15.8 Å². The van der Waals surface area contributed by atoms with Gasteiger partial charge in [-0.3, -0.25) is 0 Å². The van der Waals surface area contributed by atoms with E-state index in [9.17, 15) is 4.39 Å². The van der Waals surface area contributed by atoms with Crippen molar-refractivity contribution in [3.8, 4) is 0 Å². The first kappa shape index (κ1) is 11.9. The van der Waals surface area contributed by atoms with Crippen molar-refractivity contribution in [1.82, 2.24) is 0 Å². The lowest BCUT2D eigenvalue weighted by atomic mass is 10.2. The molecular formula is C13H12BrFN2. The maximum atomic E-state index is 13.4. The molecule has 88 valence electrons. The summed E-state index contributed by atoms with van der Waals surface area (Å²) in [5, 5.41) is 3.13. The lowest BCUT2D eigenvalue weighted by Crippen LogP contribution is -1.94. The third kappa shape index (κ3) is 2.77. The van der Waals surface area contributed by atoms with Gasteiger partial charge < -0.3 is 11.1 Å². The minimum absolute atomic E-state index is 0.221. The van der Waals surface area contributed by atoms with Crippen molar-refractivity contribution < 1.29 is 4.39 Å². The lowest BCUT2D eigenvalue weighted by Gasteiger charge is -2.09. The van der Waals surface area contributed by atoms with Crippen molar-refractivity contribution >= 4 is 33.0 Å². The highest BCUT2D eigenvalue weighted by atomic mass is 79.9. The molecule has 0 heterocycles. The Labute approximate surface area is 108 Å². The number of hydrogen-bond acceptors (Lipinski definition) is 2. The van der Waals surface area contributed by atoms with E-state index in [1.807, 2.05) is 12.1 Å². The van der Waals surface area contributed by atoms with Crippen molar-refractivity contribution in [3.63, 3.8) is 0 Å². The van der Waals surface area contributed by atoms with E-state index in [4.69, 9.17) is 5.73 Å². The van der Waals surface area contributed by atoms with Gasteiger partial charge >= 0.3 is 0 Å². The molecule has 2 aromatic carbocycles. The summed E-state index contributed by atoms with van der Waals surface area (Å²) in [6, 6.07) is 10.5. The highest BCUT2D eigenvalue weighted by molar-refractivity contribution is 9.10. The summed E-state index contributed by atoms with van der Waals surface area (Å²) in [5.41, 5.74) is 8.51. The van der Waals surface area contributed by atoms with Gasteiger partial charge in [0.25, 0.3) is 0 Å². The molecule has 0 saturated carbocycles. The highest BCUT2D eigenvalue weighted by Crippen LogP contribution is 2.28. The quantitative estimate of drug-likeness (QED) is 0.814. The zero-order valence-corrected chi connectivity index (χ0v) is 10.9. The van der Waals surface area contributed by atoms with Crippen LogP contribution in [-0.4, -0.2) is 0 Å². The molecule has 2 nitrogen and oxygen atoms in total. The van der Waals surface area contributed by atoms with Crippen LogP contribution in [0.4, 0.5) is 21.5 Å². The molecule has 0 saturated heterocycles. The highest BCUT2D eigenvalue weighted by Gasteiger charge is 2.03. The van der Waals surface area contributed by atoms with E-state index >= 15 is 0 Å². The predicted octanol–water partition coefficient (Wildman–Crippen LogP) is 4.22. The molecule has 4 heteroatoms. The van der Waals surface area contributed by atoms with Crippen LogP contribution in [0, 0.1) is 12.7 Å². The predicted molar refractivity (Wildman–Crippen MR) is 73.0 cm³/mol. The average molecular weight is 295 g/mol. The number of nitrogens with one attached hydrogen (secondary N) is 1. The Hall–Kier alpha value is -1.55. The van der Waals surface area contributed by atoms with Gasteiger partial charge in [-0.2, -0.15) is 0 Å². The van der Waals surface area contributed by atoms with Crippen LogP contribution in [0.15, 0.2) is 40.9 Å². The van der Waals surface area contributed by atoms with Gasteiger partial charge in [0.2, 0.25) is 0 Å². The average Bonchev–Trinajstić information content (AvgIpc) is 2.27. The smallest absolute Gasteiger partial charge is 0.128 e. The number of halogens is 2. The third-order valence-electron chi connectivity index (χ3n) is 2.44. The minimum atomic E-state index is -0.221. The Morgan fingerprint density at radius 2 is 1.94 bits per heavy atom. The van der Waals surface area contributed by atoms with E-state index < -0.39 is 0 Å². The fraction of sp³-hybridized carbons (Fsp3) is 0.0769. The molecule has 0 atom stereocenters. The van der Waals surface area contributed by atoms with Crippen molar-refractivity contribution in [2.45, 2.75) is 6.92 Å². The van der Waals surface area contributed by atoms with Crippen LogP contribution in [0.25, 0.3) is 0 Å². The zero-order valence-electron chi connectivity index (χ0n) is 9.30. The van der Waals surface area contributed by atoms with E-state index in [0.29, 0.717) is 16.9 Å². The zero-order chi connectivity index (χ0) is 12.4. The summed E-state index contributed by atoms with van der Waals surface area (Å²) >= 11 is 3.40. The van der Waals surface area contributed by atoms with Crippen LogP contribution in [0.3, 0.4) is 0 Å². The summed E-state index contributed by atoms with van der Waals surface area (Å²) in [6.45, 7) is 1.73. The van der Waals surface area contributed by atoms with Gasteiger partial charge in [-0.1, -0.05) is 6.07 Å². The van der Waals surface area contributed by atoms with Crippen LogP contribution in [-0.2, 0) is 0 Å². The summed E-state index contributed by atoms with van der Waals surface area (Å²) in [6.07, 6.45) is 0. The van der Waals surface area contributed by atoms with E-state index in [0.717, 1.165) is 10.2 Å². The first-order valence-corrected chi connectivity index (χ1v) is 5.94. The molecule has 17 heavy (non-hydrogen) atoms. The van der Waals surface area contributed by atoms with Crippen molar-refractivity contribution in [2.24, 2.45) is 0 Å². The molecule has 0 amide bonds. The van der Waals surface area contributed by atoms with Gasteiger partial charge in [-0.05, 0) is 58.7 Å². The normalized spacial score (nSPS) is 10.3. The number of nitrogen functional groups attached to an aromatic ring is 1. The standard InChI is InChI=1S/C13H12BrFN2/c1-8-2-4-10(7-12(8)15)17-13-5-3-9(16)6-11(13)14/h2-7,17H,16H2,1H3. The second-order valence-electron chi connectivity index (χ2n) is 3.83. The molecule has 3 N–H and O–H groups in total. The second-order valence-corrected chi connectivity index (χ2v) is 4.68. The molecular weight excluding hydrogens is 283 g/mol. The van der Waals surface area contributed by atoms with Gasteiger partial charge in [0.05, 0.1) is 5.69 Å². The van der Waals surface area contributed by atoms with Crippen molar-refractivity contribution in [2.75, 3.05) is 11.1 Å². The van der Waals surface area contributed by atoms with Gasteiger partial charge in [-0.15, -0.1) is 0 Å². The summed E-state index contributed by atoms with van der Waals surface area (Å²) in [4.78, 5) is 0. The molecule has 0 aromatic heterocycles. The molecule has 0 aliphatic carbocycles.